The van der Waals surface area contributed by atoms with Crippen molar-refractivity contribution in [3.05, 3.63) is 71.3 Å². The van der Waals surface area contributed by atoms with Crippen LogP contribution < -0.4 is 9.47 Å². The molecule has 11 heteroatoms. The molecule has 3 fully saturated rings. The number of phenols is 1. The van der Waals surface area contributed by atoms with Crippen LogP contribution in [0.5, 0.6) is 17.2 Å². The van der Waals surface area contributed by atoms with Gasteiger partial charge in [-0.05, 0) is 42.0 Å². The van der Waals surface area contributed by atoms with Crippen molar-refractivity contribution < 1.29 is 33.8 Å². The van der Waals surface area contributed by atoms with Gasteiger partial charge < -0.3 is 14.6 Å². The van der Waals surface area contributed by atoms with Crippen LogP contribution in [0, 0.1) is 23.7 Å². The molecule has 0 radical (unpaired) electrons. The number of carbonyl (C=O) groups excluding carboxylic acids is 4. The highest BCUT2D eigenvalue weighted by molar-refractivity contribution is 6.53. The molecule has 2 aliphatic carbocycles. The number of hydrogen-bond acceptors (Lipinski definition) is 7. The van der Waals surface area contributed by atoms with Crippen LogP contribution in [0.15, 0.2) is 60.2 Å². The van der Waals surface area contributed by atoms with E-state index < -0.39 is 45.2 Å². The number of fused-ring (bicyclic) bond motifs is 4. The second-order valence-electron chi connectivity index (χ2n) is 11.4. The largest absolute Gasteiger partial charge is 0.502 e. The van der Waals surface area contributed by atoms with Gasteiger partial charge in [-0.25, -0.2) is 0 Å². The SMILES string of the molecule is COc1cc(C=CC2C3=CCC4C(=O)N(Cc5ccccc5)C(=O)C4C3CC3(Cl)C(=O)N(C)C(=O)C23Cl)cc(OC)c1O. The van der Waals surface area contributed by atoms with Gasteiger partial charge in [-0.15, -0.1) is 23.2 Å². The Labute approximate surface area is 258 Å². The highest BCUT2D eigenvalue weighted by Gasteiger charge is 2.75. The molecule has 0 aromatic heterocycles. The Bertz CT molecular complexity index is 1580. The van der Waals surface area contributed by atoms with Crippen molar-refractivity contribution in [2.75, 3.05) is 21.3 Å². The smallest absolute Gasteiger partial charge is 0.253 e. The van der Waals surface area contributed by atoms with Crippen molar-refractivity contribution in [2.45, 2.75) is 29.1 Å². The van der Waals surface area contributed by atoms with E-state index in [1.807, 2.05) is 36.4 Å². The average molecular weight is 626 g/mol. The number of imide groups is 2. The van der Waals surface area contributed by atoms with Crippen molar-refractivity contribution in [1.29, 1.82) is 0 Å². The van der Waals surface area contributed by atoms with E-state index in [-0.39, 0.29) is 48.4 Å². The quantitative estimate of drug-likeness (QED) is 0.292. The molecule has 2 aromatic rings. The van der Waals surface area contributed by atoms with Crippen molar-refractivity contribution in [2.24, 2.45) is 23.7 Å². The lowest BCUT2D eigenvalue weighted by atomic mass is 9.57. The Hall–Kier alpha value is -3.82. The molecule has 6 rings (SSSR count). The number of amides is 4. The lowest BCUT2D eigenvalue weighted by Gasteiger charge is -2.49. The van der Waals surface area contributed by atoms with Gasteiger partial charge in [0.05, 0.1) is 32.6 Å². The fourth-order valence-electron chi connectivity index (χ4n) is 7.20. The molecule has 2 aliphatic heterocycles. The minimum atomic E-state index is -1.87. The van der Waals surface area contributed by atoms with Gasteiger partial charge in [0.25, 0.3) is 11.8 Å². The second kappa shape index (κ2) is 10.4. The van der Waals surface area contributed by atoms with Crippen LogP contribution >= 0.6 is 23.2 Å². The fraction of sp³-hybridized carbons (Fsp3) is 0.375. The van der Waals surface area contributed by atoms with Gasteiger partial charge in [-0.1, -0.05) is 54.1 Å². The highest BCUT2D eigenvalue weighted by atomic mass is 35.5. The molecule has 0 spiro atoms. The third-order valence-corrected chi connectivity index (χ3v) is 10.8. The number of likely N-dealkylation sites (tertiary alicyclic amines) is 2. The lowest BCUT2D eigenvalue weighted by molar-refractivity contribution is -0.141. The number of halogens is 2. The number of phenolic OH excluding ortho intramolecular Hbond substituents is 1. The number of aromatic hydroxyl groups is 1. The zero-order valence-electron chi connectivity index (χ0n) is 23.8. The van der Waals surface area contributed by atoms with Crippen LogP contribution in [0.3, 0.4) is 0 Å². The Kier molecular flexibility index (Phi) is 7.09. The van der Waals surface area contributed by atoms with E-state index in [4.69, 9.17) is 32.7 Å². The minimum absolute atomic E-state index is 0.0661. The van der Waals surface area contributed by atoms with Gasteiger partial charge in [0, 0.05) is 13.0 Å². The number of methoxy groups -OCH3 is 2. The van der Waals surface area contributed by atoms with Gasteiger partial charge >= 0.3 is 0 Å². The van der Waals surface area contributed by atoms with Crippen molar-refractivity contribution in [1.82, 2.24) is 9.80 Å². The van der Waals surface area contributed by atoms with E-state index in [9.17, 15) is 24.3 Å². The number of ether oxygens (including phenoxy) is 2. The van der Waals surface area contributed by atoms with Gasteiger partial charge in [0.15, 0.2) is 21.2 Å². The van der Waals surface area contributed by atoms with Gasteiger partial charge in [-0.2, -0.15) is 0 Å². The molecule has 2 aromatic carbocycles. The van der Waals surface area contributed by atoms with E-state index in [0.29, 0.717) is 11.1 Å². The molecule has 1 N–H and O–H groups in total. The van der Waals surface area contributed by atoms with Crippen LogP contribution in [-0.2, 0) is 25.7 Å². The molecule has 2 saturated heterocycles. The molecule has 1 saturated carbocycles. The first kappa shape index (κ1) is 29.3. The van der Waals surface area contributed by atoms with Gasteiger partial charge in [-0.3, -0.25) is 29.0 Å². The summed E-state index contributed by atoms with van der Waals surface area (Å²) in [4.78, 5) is 53.2. The molecule has 6 unspecified atom stereocenters. The summed E-state index contributed by atoms with van der Waals surface area (Å²) in [5, 5.41) is 10.4. The number of alkyl halides is 2. The van der Waals surface area contributed by atoms with Gasteiger partial charge in [0.1, 0.15) is 0 Å². The average Bonchev–Trinajstić information content (AvgIpc) is 3.32. The van der Waals surface area contributed by atoms with E-state index in [1.54, 1.807) is 24.3 Å². The Morgan fingerprint density at radius 3 is 2.26 bits per heavy atom. The van der Waals surface area contributed by atoms with Crippen LogP contribution in [0.4, 0.5) is 0 Å². The van der Waals surface area contributed by atoms with Crippen LogP contribution in [0.2, 0.25) is 0 Å². The van der Waals surface area contributed by atoms with Crippen molar-refractivity contribution >= 4 is 52.9 Å². The number of nitrogens with zero attached hydrogens (tertiary/aromatic N) is 2. The summed E-state index contributed by atoms with van der Waals surface area (Å²) in [6.07, 6.45) is 5.49. The summed E-state index contributed by atoms with van der Waals surface area (Å²) >= 11 is 14.3. The van der Waals surface area contributed by atoms with E-state index in [0.717, 1.165) is 10.5 Å². The first-order valence-electron chi connectivity index (χ1n) is 13.9. The van der Waals surface area contributed by atoms with Crippen LogP contribution in [0.1, 0.15) is 24.0 Å². The second-order valence-corrected chi connectivity index (χ2v) is 12.7. The Morgan fingerprint density at radius 2 is 1.63 bits per heavy atom. The van der Waals surface area contributed by atoms with E-state index in [2.05, 4.69) is 0 Å². The minimum Gasteiger partial charge on any atom is -0.502 e. The number of benzene rings is 2. The maximum Gasteiger partial charge on any atom is 0.253 e. The molecule has 9 nitrogen and oxygen atoms in total. The molecule has 2 heterocycles. The maximum atomic E-state index is 13.9. The predicted molar refractivity (Wildman–Crippen MR) is 158 cm³/mol. The predicted octanol–water partition coefficient (Wildman–Crippen LogP) is 4.14. The summed E-state index contributed by atoms with van der Waals surface area (Å²) in [6.45, 7) is 0.146. The number of hydrogen-bond donors (Lipinski definition) is 1. The number of allylic oxidation sites excluding steroid dienone is 3. The summed E-state index contributed by atoms with van der Waals surface area (Å²) in [7, 11) is 4.17. The number of rotatable bonds is 6. The molecule has 6 atom stereocenters. The fourth-order valence-corrected chi connectivity index (χ4v) is 8.17. The summed E-state index contributed by atoms with van der Waals surface area (Å²) in [5.74, 6) is -4.51. The van der Waals surface area contributed by atoms with Crippen molar-refractivity contribution in [3.63, 3.8) is 0 Å². The Morgan fingerprint density at radius 1 is 0.977 bits per heavy atom. The molecule has 43 heavy (non-hydrogen) atoms. The van der Waals surface area contributed by atoms with E-state index >= 15 is 0 Å². The summed E-state index contributed by atoms with van der Waals surface area (Å²) in [5.41, 5.74) is 2.09. The zero-order chi connectivity index (χ0) is 30.8. The van der Waals surface area contributed by atoms with Crippen molar-refractivity contribution in [3.8, 4) is 17.2 Å². The first-order valence-corrected chi connectivity index (χ1v) is 14.7. The topological polar surface area (TPSA) is 113 Å². The third kappa shape index (κ3) is 4.12. The van der Waals surface area contributed by atoms with Gasteiger partial charge in [0.2, 0.25) is 17.6 Å². The monoisotopic (exact) mass is 624 g/mol. The molecule has 4 amide bonds. The standard InChI is InChI=1S/C32H30Cl2N2O7/c1-35-29(40)31(33)15-21-19(10-11-20-25(21)28(39)36(27(20)38)16-17-7-5-4-6-8-17)22(32(31,34)30(35)41)12-9-18-13-23(42-2)26(37)24(14-18)43-3/h4-10,12-14,20-22,25,37H,11,15-16H2,1-3H3. The summed E-state index contributed by atoms with van der Waals surface area (Å²) in [6, 6.07) is 12.4. The lowest BCUT2D eigenvalue weighted by Crippen LogP contribution is -2.60. The maximum absolute atomic E-state index is 13.9. The Balaban J connectivity index is 1.43. The van der Waals surface area contributed by atoms with E-state index in [1.165, 1.54) is 26.2 Å². The third-order valence-electron chi connectivity index (χ3n) is 9.33. The van der Waals surface area contributed by atoms with Crippen LogP contribution in [0.25, 0.3) is 6.08 Å². The molecule has 224 valence electrons. The highest BCUT2D eigenvalue weighted by Crippen LogP contribution is 2.63. The first-order chi connectivity index (χ1) is 20.5. The molecule has 4 aliphatic rings. The van der Waals surface area contributed by atoms with Crippen LogP contribution in [-0.4, -0.2) is 69.6 Å². The molecule has 0 bridgehead atoms. The summed E-state index contributed by atoms with van der Waals surface area (Å²) < 4.78 is 10.6. The zero-order valence-corrected chi connectivity index (χ0v) is 25.3. The molecular weight excluding hydrogens is 595 g/mol. The molecular formula is C32H30Cl2N2O7. The number of carbonyl (C=O) groups is 4. The normalized spacial score (nSPS) is 31.7.